The van der Waals surface area contributed by atoms with E-state index in [0.717, 1.165) is 0 Å². The van der Waals surface area contributed by atoms with Crippen LogP contribution in [0.1, 0.15) is 33.1 Å². The van der Waals surface area contributed by atoms with Crippen molar-refractivity contribution in [3.63, 3.8) is 0 Å². The highest BCUT2D eigenvalue weighted by Gasteiger charge is 2.28. The van der Waals surface area contributed by atoms with Crippen molar-refractivity contribution in [3.8, 4) is 6.26 Å². The van der Waals surface area contributed by atoms with Crippen LogP contribution < -0.4 is 0 Å². The van der Waals surface area contributed by atoms with Gasteiger partial charge in [-0.15, -0.1) is 0 Å². The van der Waals surface area contributed by atoms with E-state index in [1.807, 2.05) is 0 Å². The van der Waals surface area contributed by atoms with Gasteiger partial charge >= 0.3 is 0 Å². The normalized spacial score (nSPS) is 37.7. The minimum absolute atomic E-state index is 0.175. The lowest BCUT2D eigenvalue weighted by Crippen LogP contribution is -2.31. The molecule has 0 radical (unpaired) electrons. The summed E-state index contributed by atoms with van der Waals surface area (Å²) in [6.07, 6.45) is 5.67. The van der Waals surface area contributed by atoms with Gasteiger partial charge in [-0.3, -0.25) is 0 Å². The van der Waals surface area contributed by atoms with Gasteiger partial charge in [0, 0.05) is 0 Å². The van der Waals surface area contributed by atoms with Crippen molar-refractivity contribution in [2.24, 2.45) is 11.8 Å². The molecule has 0 aromatic carbocycles. The van der Waals surface area contributed by atoms with Gasteiger partial charge in [-0.2, -0.15) is 5.26 Å². The van der Waals surface area contributed by atoms with E-state index in [9.17, 15) is 0 Å². The number of nitrogens with zero attached hydrogens (tertiary/aromatic N) is 1. The van der Waals surface area contributed by atoms with Gasteiger partial charge in [0.2, 0.25) is 0 Å². The average molecular weight is 153 g/mol. The molecule has 1 aliphatic carbocycles. The first-order chi connectivity index (χ1) is 5.25. The summed E-state index contributed by atoms with van der Waals surface area (Å²) in [5.74, 6) is 1.11. The quantitative estimate of drug-likeness (QED) is 0.541. The van der Waals surface area contributed by atoms with Crippen LogP contribution in [0.15, 0.2) is 0 Å². The number of hydrogen-bond donors (Lipinski definition) is 0. The Bertz CT molecular complexity index is 151. The number of nitriles is 1. The summed E-state index contributed by atoms with van der Waals surface area (Å²) in [7, 11) is 0. The SMILES string of the molecule is CC1CCCC(C)C1OC#N. The van der Waals surface area contributed by atoms with Crippen LogP contribution in [0.2, 0.25) is 0 Å². The Morgan fingerprint density at radius 2 is 1.82 bits per heavy atom. The first-order valence-electron chi connectivity index (χ1n) is 4.30. The first-order valence-corrected chi connectivity index (χ1v) is 4.30. The molecule has 0 amide bonds. The average Bonchev–Trinajstić information content (AvgIpc) is 1.97. The van der Waals surface area contributed by atoms with Crippen LogP contribution in [0, 0.1) is 23.4 Å². The van der Waals surface area contributed by atoms with Gasteiger partial charge in [0.05, 0.1) is 0 Å². The highest BCUT2D eigenvalue weighted by Crippen LogP contribution is 2.30. The fourth-order valence-electron chi connectivity index (χ4n) is 1.94. The van der Waals surface area contributed by atoms with Crippen molar-refractivity contribution >= 4 is 0 Å². The number of hydrogen-bond acceptors (Lipinski definition) is 2. The van der Waals surface area contributed by atoms with Crippen molar-refractivity contribution in [1.29, 1.82) is 5.26 Å². The van der Waals surface area contributed by atoms with Gasteiger partial charge in [0.1, 0.15) is 6.10 Å². The van der Waals surface area contributed by atoms with E-state index in [1.54, 1.807) is 6.26 Å². The van der Waals surface area contributed by atoms with Gasteiger partial charge in [-0.1, -0.05) is 20.3 Å². The summed E-state index contributed by atoms with van der Waals surface area (Å²) < 4.78 is 5.01. The minimum Gasteiger partial charge on any atom is -0.424 e. The van der Waals surface area contributed by atoms with Crippen LogP contribution in [0.3, 0.4) is 0 Å². The molecule has 0 N–H and O–H groups in total. The smallest absolute Gasteiger partial charge is 0.286 e. The Morgan fingerprint density at radius 3 is 2.27 bits per heavy atom. The molecule has 1 aliphatic rings. The van der Waals surface area contributed by atoms with Gasteiger partial charge in [0.15, 0.2) is 0 Å². The highest BCUT2D eigenvalue weighted by molar-refractivity contribution is 4.80. The zero-order valence-electron chi connectivity index (χ0n) is 7.21. The molecule has 2 nitrogen and oxygen atoms in total. The third-order valence-electron chi connectivity index (χ3n) is 2.63. The Kier molecular flexibility index (Phi) is 2.76. The summed E-state index contributed by atoms with van der Waals surface area (Å²) >= 11 is 0. The topological polar surface area (TPSA) is 33.0 Å². The Labute approximate surface area is 68.2 Å². The van der Waals surface area contributed by atoms with Crippen LogP contribution in [0.4, 0.5) is 0 Å². The summed E-state index contributed by atoms with van der Waals surface area (Å²) in [5, 5.41) is 8.38. The van der Waals surface area contributed by atoms with E-state index in [2.05, 4.69) is 13.8 Å². The van der Waals surface area contributed by atoms with Crippen LogP contribution in [-0.4, -0.2) is 6.10 Å². The molecule has 0 saturated heterocycles. The van der Waals surface area contributed by atoms with E-state index in [4.69, 9.17) is 10.00 Å². The molecule has 62 valence electrons. The lowest BCUT2D eigenvalue weighted by Gasteiger charge is -2.31. The van der Waals surface area contributed by atoms with E-state index < -0.39 is 0 Å². The largest absolute Gasteiger partial charge is 0.424 e. The first kappa shape index (κ1) is 8.39. The summed E-state index contributed by atoms with van der Waals surface area (Å²) in [4.78, 5) is 0. The molecular formula is C9H15NO. The van der Waals surface area contributed by atoms with Crippen molar-refractivity contribution in [1.82, 2.24) is 0 Å². The Morgan fingerprint density at radius 1 is 1.27 bits per heavy atom. The number of rotatable bonds is 1. The van der Waals surface area contributed by atoms with Crippen LogP contribution in [0.25, 0.3) is 0 Å². The van der Waals surface area contributed by atoms with E-state index in [-0.39, 0.29) is 6.10 Å². The second kappa shape index (κ2) is 3.61. The monoisotopic (exact) mass is 153 g/mol. The van der Waals surface area contributed by atoms with Crippen molar-refractivity contribution < 1.29 is 4.74 Å². The van der Waals surface area contributed by atoms with Gasteiger partial charge in [-0.25, -0.2) is 0 Å². The summed E-state index contributed by atoms with van der Waals surface area (Å²) in [6, 6.07) is 0. The summed E-state index contributed by atoms with van der Waals surface area (Å²) in [6.45, 7) is 4.33. The maximum absolute atomic E-state index is 8.38. The molecule has 2 atom stereocenters. The second-order valence-electron chi connectivity index (χ2n) is 3.56. The molecule has 0 aromatic heterocycles. The fourth-order valence-corrected chi connectivity index (χ4v) is 1.94. The molecule has 0 heterocycles. The van der Waals surface area contributed by atoms with Gasteiger partial charge in [0.25, 0.3) is 6.26 Å². The highest BCUT2D eigenvalue weighted by atomic mass is 16.5. The maximum atomic E-state index is 8.38. The van der Waals surface area contributed by atoms with Gasteiger partial charge in [-0.05, 0) is 24.7 Å². The molecule has 1 rings (SSSR count). The molecule has 1 saturated carbocycles. The third-order valence-corrected chi connectivity index (χ3v) is 2.63. The van der Waals surface area contributed by atoms with Crippen LogP contribution in [0.5, 0.6) is 0 Å². The minimum atomic E-state index is 0.175. The fraction of sp³-hybridized carbons (Fsp3) is 0.889. The van der Waals surface area contributed by atoms with Crippen molar-refractivity contribution in [2.45, 2.75) is 39.2 Å². The van der Waals surface area contributed by atoms with E-state index in [0.29, 0.717) is 11.8 Å². The van der Waals surface area contributed by atoms with Crippen molar-refractivity contribution in [2.75, 3.05) is 0 Å². The standard InChI is InChI=1S/C9H15NO/c1-7-4-3-5-8(2)9(7)11-6-10/h7-9H,3-5H2,1-2H3. The van der Waals surface area contributed by atoms with Crippen LogP contribution >= 0.6 is 0 Å². The molecular weight excluding hydrogens is 138 g/mol. The molecule has 0 aliphatic heterocycles. The van der Waals surface area contributed by atoms with Gasteiger partial charge < -0.3 is 4.74 Å². The zero-order valence-corrected chi connectivity index (χ0v) is 7.21. The summed E-state index contributed by atoms with van der Waals surface area (Å²) in [5.41, 5.74) is 0. The lowest BCUT2D eigenvalue weighted by atomic mass is 9.81. The Hall–Kier alpha value is -0.710. The maximum Gasteiger partial charge on any atom is 0.286 e. The molecule has 0 bridgehead atoms. The van der Waals surface area contributed by atoms with E-state index >= 15 is 0 Å². The molecule has 11 heavy (non-hydrogen) atoms. The predicted octanol–water partition coefficient (Wildman–Crippen LogP) is 2.31. The third kappa shape index (κ3) is 1.86. The Balaban J connectivity index is 2.49. The van der Waals surface area contributed by atoms with Crippen LogP contribution in [-0.2, 0) is 4.74 Å². The second-order valence-corrected chi connectivity index (χ2v) is 3.56. The van der Waals surface area contributed by atoms with E-state index in [1.165, 1.54) is 19.3 Å². The number of ether oxygens (including phenoxy) is 1. The van der Waals surface area contributed by atoms with Crippen molar-refractivity contribution in [3.05, 3.63) is 0 Å². The zero-order chi connectivity index (χ0) is 8.27. The molecule has 2 unspecified atom stereocenters. The molecule has 2 heteroatoms. The molecule has 0 spiro atoms. The molecule has 1 fully saturated rings. The molecule has 0 aromatic rings. The predicted molar refractivity (Wildman–Crippen MR) is 42.7 cm³/mol. The lowest BCUT2D eigenvalue weighted by molar-refractivity contribution is 0.0291.